The number of halogens is 1. The standard InChI is InChI=1S/C14H18ClNO3/c1-9(17)11-4-5-16(8-11)14(19)6-10-2-3-12(18)7-13(10)15/h2-3,7,9,11,17-18H,4-6,8H2,1H3. The molecule has 104 valence electrons. The number of phenolic OH excluding ortho intramolecular Hbond substituents is 1. The summed E-state index contributed by atoms with van der Waals surface area (Å²) in [6.45, 7) is 3.05. The topological polar surface area (TPSA) is 60.8 Å². The minimum Gasteiger partial charge on any atom is -0.508 e. The fraction of sp³-hybridized carbons (Fsp3) is 0.500. The molecule has 0 saturated carbocycles. The van der Waals surface area contributed by atoms with E-state index in [1.807, 2.05) is 0 Å². The molecule has 4 nitrogen and oxygen atoms in total. The number of aliphatic hydroxyl groups excluding tert-OH is 1. The van der Waals surface area contributed by atoms with Gasteiger partial charge in [-0.2, -0.15) is 0 Å². The van der Waals surface area contributed by atoms with Gasteiger partial charge >= 0.3 is 0 Å². The molecule has 1 saturated heterocycles. The number of nitrogens with zero attached hydrogens (tertiary/aromatic N) is 1. The molecular formula is C14H18ClNO3. The van der Waals surface area contributed by atoms with Crippen molar-refractivity contribution in [2.75, 3.05) is 13.1 Å². The first-order chi connectivity index (χ1) is 8.97. The monoisotopic (exact) mass is 283 g/mol. The van der Waals surface area contributed by atoms with Crippen molar-refractivity contribution in [2.24, 2.45) is 5.92 Å². The van der Waals surface area contributed by atoms with Crippen LogP contribution in [0.25, 0.3) is 0 Å². The second kappa shape index (κ2) is 5.80. The highest BCUT2D eigenvalue weighted by Gasteiger charge is 2.29. The van der Waals surface area contributed by atoms with Crippen LogP contribution in [0.2, 0.25) is 5.02 Å². The molecule has 19 heavy (non-hydrogen) atoms. The highest BCUT2D eigenvalue weighted by Crippen LogP contribution is 2.24. The third-order valence-corrected chi connectivity index (χ3v) is 3.99. The Hall–Kier alpha value is -1.26. The Kier molecular flexibility index (Phi) is 4.32. The molecule has 0 aromatic heterocycles. The molecule has 5 heteroatoms. The third kappa shape index (κ3) is 3.39. The van der Waals surface area contributed by atoms with Crippen LogP contribution >= 0.6 is 11.6 Å². The number of aromatic hydroxyl groups is 1. The molecule has 1 aliphatic rings. The van der Waals surface area contributed by atoms with Gasteiger partial charge in [-0.05, 0) is 31.0 Å². The zero-order valence-electron chi connectivity index (χ0n) is 10.8. The summed E-state index contributed by atoms with van der Waals surface area (Å²) in [7, 11) is 0. The van der Waals surface area contributed by atoms with Crippen molar-refractivity contribution in [2.45, 2.75) is 25.9 Å². The van der Waals surface area contributed by atoms with E-state index in [0.717, 1.165) is 6.42 Å². The Labute approximate surface area is 117 Å². The number of carbonyl (C=O) groups excluding carboxylic acids is 1. The quantitative estimate of drug-likeness (QED) is 0.889. The van der Waals surface area contributed by atoms with Gasteiger partial charge in [-0.15, -0.1) is 0 Å². The summed E-state index contributed by atoms with van der Waals surface area (Å²) < 4.78 is 0. The lowest BCUT2D eigenvalue weighted by Crippen LogP contribution is -2.31. The van der Waals surface area contributed by atoms with E-state index in [-0.39, 0.29) is 30.1 Å². The highest BCUT2D eigenvalue weighted by molar-refractivity contribution is 6.31. The van der Waals surface area contributed by atoms with Gasteiger partial charge in [0.05, 0.1) is 12.5 Å². The van der Waals surface area contributed by atoms with Crippen molar-refractivity contribution in [1.82, 2.24) is 4.90 Å². The number of hydrogen-bond acceptors (Lipinski definition) is 3. The predicted molar refractivity (Wildman–Crippen MR) is 73.2 cm³/mol. The molecule has 2 unspecified atom stereocenters. The Balaban J connectivity index is 1.98. The molecule has 1 aromatic carbocycles. The summed E-state index contributed by atoms with van der Waals surface area (Å²) in [6, 6.07) is 4.63. The van der Waals surface area contributed by atoms with E-state index in [4.69, 9.17) is 11.6 Å². The number of carbonyl (C=O) groups is 1. The van der Waals surface area contributed by atoms with Crippen LogP contribution in [0.5, 0.6) is 5.75 Å². The van der Waals surface area contributed by atoms with Crippen LogP contribution in [0.1, 0.15) is 18.9 Å². The highest BCUT2D eigenvalue weighted by atomic mass is 35.5. The smallest absolute Gasteiger partial charge is 0.227 e. The van der Waals surface area contributed by atoms with Crippen LogP contribution in [0.15, 0.2) is 18.2 Å². The number of likely N-dealkylation sites (tertiary alicyclic amines) is 1. The van der Waals surface area contributed by atoms with Crippen LogP contribution in [-0.2, 0) is 11.2 Å². The maximum atomic E-state index is 12.1. The lowest BCUT2D eigenvalue weighted by molar-refractivity contribution is -0.129. The van der Waals surface area contributed by atoms with Crippen molar-refractivity contribution in [3.63, 3.8) is 0 Å². The van der Waals surface area contributed by atoms with Gasteiger partial charge in [-0.3, -0.25) is 4.79 Å². The minimum atomic E-state index is -0.380. The summed E-state index contributed by atoms with van der Waals surface area (Å²) in [5, 5.41) is 19.2. The Morgan fingerprint density at radius 1 is 1.58 bits per heavy atom. The molecular weight excluding hydrogens is 266 g/mol. The van der Waals surface area contributed by atoms with Crippen molar-refractivity contribution in [3.05, 3.63) is 28.8 Å². The van der Waals surface area contributed by atoms with Crippen molar-refractivity contribution in [1.29, 1.82) is 0 Å². The number of rotatable bonds is 3. The molecule has 2 atom stereocenters. The van der Waals surface area contributed by atoms with Crippen molar-refractivity contribution >= 4 is 17.5 Å². The maximum absolute atomic E-state index is 12.1. The molecule has 0 aliphatic carbocycles. The summed E-state index contributed by atoms with van der Waals surface area (Å²) in [5.74, 6) is 0.270. The number of hydrogen-bond donors (Lipinski definition) is 2. The Morgan fingerprint density at radius 3 is 2.89 bits per heavy atom. The van der Waals surface area contributed by atoms with E-state index in [1.165, 1.54) is 12.1 Å². The lowest BCUT2D eigenvalue weighted by Gasteiger charge is -2.18. The zero-order valence-corrected chi connectivity index (χ0v) is 11.6. The van der Waals surface area contributed by atoms with Gasteiger partial charge in [0.25, 0.3) is 0 Å². The molecule has 0 radical (unpaired) electrons. The zero-order chi connectivity index (χ0) is 14.0. The molecule has 1 aromatic rings. The number of phenols is 1. The summed E-state index contributed by atoms with van der Waals surface area (Å²) >= 11 is 5.99. The summed E-state index contributed by atoms with van der Waals surface area (Å²) in [6.07, 6.45) is 0.688. The average molecular weight is 284 g/mol. The predicted octanol–water partition coefficient (Wildman–Crippen LogP) is 1.82. The van der Waals surface area contributed by atoms with E-state index < -0.39 is 0 Å². The lowest BCUT2D eigenvalue weighted by atomic mass is 10.0. The number of amides is 1. The number of benzene rings is 1. The molecule has 1 heterocycles. The molecule has 1 fully saturated rings. The van der Waals surface area contributed by atoms with Gasteiger partial charge < -0.3 is 15.1 Å². The van der Waals surface area contributed by atoms with Gasteiger partial charge in [0, 0.05) is 24.0 Å². The fourth-order valence-electron chi connectivity index (χ4n) is 2.36. The Bertz CT molecular complexity index is 476. The van der Waals surface area contributed by atoms with E-state index >= 15 is 0 Å². The number of aliphatic hydroxyl groups is 1. The van der Waals surface area contributed by atoms with E-state index in [2.05, 4.69) is 0 Å². The molecule has 2 N–H and O–H groups in total. The average Bonchev–Trinajstić information content (AvgIpc) is 2.82. The maximum Gasteiger partial charge on any atom is 0.227 e. The summed E-state index contributed by atoms with van der Waals surface area (Å²) in [4.78, 5) is 13.9. The van der Waals surface area contributed by atoms with Gasteiger partial charge in [0.15, 0.2) is 0 Å². The first-order valence-corrected chi connectivity index (χ1v) is 6.78. The van der Waals surface area contributed by atoms with Crippen LogP contribution in [0, 0.1) is 5.92 Å². The van der Waals surface area contributed by atoms with Gasteiger partial charge in [0.2, 0.25) is 5.91 Å². The van der Waals surface area contributed by atoms with Crippen molar-refractivity contribution < 1.29 is 15.0 Å². The van der Waals surface area contributed by atoms with Gasteiger partial charge in [-0.1, -0.05) is 17.7 Å². The van der Waals surface area contributed by atoms with E-state index in [1.54, 1.807) is 17.9 Å². The molecule has 0 spiro atoms. The largest absolute Gasteiger partial charge is 0.508 e. The van der Waals surface area contributed by atoms with Crippen LogP contribution < -0.4 is 0 Å². The SMILES string of the molecule is CC(O)C1CCN(C(=O)Cc2ccc(O)cc2Cl)C1. The Morgan fingerprint density at radius 2 is 2.32 bits per heavy atom. The first-order valence-electron chi connectivity index (χ1n) is 6.40. The van der Waals surface area contributed by atoms with Gasteiger partial charge in [0.1, 0.15) is 5.75 Å². The van der Waals surface area contributed by atoms with E-state index in [9.17, 15) is 15.0 Å². The molecule has 2 rings (SSSR count). The molecule has 0 bridgehead atoms. The molecule has 1 aliphatic heterocycles. The van der Waals surface area contributed by atoms with Crippen LogP contribution in [-0.4, -0.2) is 40.2 Å². The third-order valence-electron chi connectivity index (χ3n) is 3.64. The second-order valence-corrected chi connectivity index (χ2v) is 5.49. The second-order valence-electron chi connectivity index (χ2n) is 5.08. The summed E-state index contributed by atoms with van der Waals surface area (Å²) in [5.41, 5.74) is 0.713. The van der Waals surface area contributed by atoms with Gasteiger partial charge in [-0.25, -0.2) is 0 Å². The normalized spacial score (nSPS) is 20.6. The van der Waals surface area contributed by atoms with E-state index in [0.29, 0.717) is 23.7 Å². The first kappa shape index (κ1) is 14.2. The molecule has 1 amide bonds. The minimum absolute atomic E-state index is 0.00994. The fourth-order valence-corrected chi connectivity index (χ4v) is 2.60. The van der Waals surface area contributed by atoms with Crippen LogP contribution in [0.3, 0.4) is 0 Å². The van der Waals surface area contributed by atoms with Crippen molar-refractivity contribution in [3.8, 4) is 5.75 Å². The van der Waals surface area contributed by atoms with Crippen LogP contribution in [0.4, 0.5) is 0 Å².